The normalized spacial score (nSPS) is 16.8. The molecule has 0 aromatic heterocycles. The SMILES string of the molecule is CCOC(=O)C(Nc1cccc(C)c1)C1CCC1. The van der Waals surface area contributed by atoms with Crippen LogP contribution in [0.2, 0.25) is 0 Å². The third kappa shape index (κ3) is 3.03. The van der Waals surface area contributed by atoms with Crippen molar-refractivity contribution in [2.75, 3.05) is 11.9 Å². The molecule has 0 amide bonds. The Bertz CT molecular complexity index is 413. The smallest absolute Gasteiger partial charge is 0.328 e. The van der Waals surface area contributed by atoms with E-state index in [-0.39, 0.29) is 12.0 Å². The Morgan fingerprint density at radius 3 is 2.83 bits per heavy atom. The summed E-state index contributed by atoms with van der Waals surface area (Å²) in [5.41, 5.74) is 2.19. The first-order valence-electron chi connectivity index (χ1n) is 6.70. The number of carbonyl (C=O) groups excluding carboxylic acids is 1. The number of rotatable bonds is 5. The van der Waals surface area contributed by atoms with Gasteiger partial charge < -0.3 is 10.1 Å². The molecule has 0 radical (unpaired) electrons. The summed E-state index contributed by atoms with van der Waals surface area (Å²) in [6, 6.07) is 7.91. The summed E-state index contributed by atoms with van der Waals surface area (Å²) in [6.07, 6.45) is 3.45. The van der Waals surface area contributed by atoms with Gasteiger partial charge in [0.2, 0.25) is 0 Å². The average Bonchev–Trinajstić information content (AvgIpc) is 2.26. The third-order valence-electron chi connectivity index (χ3n) is 3.50. The van der Waals surface area contributed by atoms with Gasteiger partial charge in [-0.15, -0.1) is 0 Å². The van der Waals surface area contributed by atoms with E-state index in [9.17, 15) is 4.79 Å². The second kappa shape index (κ2) is 5.89. The van der Waals surface area contributed by atoms with E-state index in [1.165, 1.54) is 12.0 Å². The summed E-state index contributed by atoms with van der Waals surface area (Å²) < 4.78 is 5.16. The molecule has 3 nitrogen and oxygen atoms in total. The van der Waals surface area contributed by atoms with Gasteiger partial charge in [0.1, 0.15) is 6.04 Å². The quantitative estimate of drug-likeness (QED) is 0.812. The minimum atomic E-state index is -0.194. The number of aryl methyl sites for hydroxylation is 1. The fraction of sp³-hybridized carbons (Fsp3) is 0.533. The van der Waals surface area contributed by atoms with Crippen LogP contribution in [0.5, 0.6) is 0 Å². The molecule has 0 spiro atoms. The van der Waals surface area contributed by atoms with Gasteiger partial charge in [-0.2, -0.15) is 0 Å². The molecular weight excluding hydrogens is 226 g/mol. The van der Waals surface area contributed by atoms with Crippen LogP contribution in [0.25, 0.3) is 0 Å². The van der Waals surface area contributed by atoms with Crippen molar-refractivity contribution in [1.82, 2.24) is 0 Å². The number of carbonyl (C=O) groups is 1. The van der Waals surface area contributed by atoms with Gasteiger partial charge in [-0.25, -0.2) is 4.79 Å². The summed E-state index contributed by atoms with van der Waals surface area (Å²) in [5.74, 6) is 0.299. The summed E-state index contributed by atoms with van der Waals surface area (Å²) in [6.45, 7) is 4.34. The van der Waals surface area contributed by atoms with Crippen molar-refractivity contribution in [1.29, 1.82) is 0 Å². The number of esters is 1. The van der Waals surface area contributed by atoms with Crippen molar-refractivity contribution in [2.45, 2.75) is 39.2 Å². The number of ether oxygens (including phenoxy) is 1. The van der Waals surface area contributed by atoms with Crippen molar-refractivity contribution in [3.63, 3.8) is 0 Å². The van der Waals surface area contributed by atoms with Crippen LogP contribution in [0.4, 0.5) is 5.69 Å². The van der Waals surface area contributed by atoms with E-state index < -0.39 is 0 Å². The van der Waals surface area contributed by atoms with Crippen molar-refractivity contribution in [3.8, 4) is 0 Å². The maximum atomic E-state index is 12.0. The largest absolute Gasteiger partial charge is 0.464 e. The third-order valence-corrected chi connectivity index (χ3v) is 3.50. The van der Waals surface area contributed by atoms with Crippen LogP contribution in [0.15, 0.2) is 24.3 Å². The minimum absolute atomic E-state index is 0.122. The predicted octanol–water partition coefficient (Wildman–Crippen LogP) is 3.14. The first-order valence-corrected chi connectivity index (χ1v) is 6.70. The Kier molecular flexibility index (Phi) is 4.24. The molecule has 1 aliphatic carbocycles. The number of hydrogen-bond donors (Lipinski definition) is 1. The first kappa shape index (κ1) is 12.9. The zero-order valence-corrected chi connectivity index (χ0v) is 11.1. The van der Waals surface area contributed by atoms with E-state index in [0.29, 0.717) is 12.5 Å². The van der Waals surface area contributed by atoms with Crippen LogP contribution < -0.4 is 5.32 Å². The fourth-order valence-corrected chi connectivity index (χ4v) is 2.29. The van der Waals surface area contributed by atoms with Gasteiger partial charge in [0.15, 0.2) is 0 Å². The van der Waals surface area contributed by atoms with E-state index in [1.54, 1.807) is 0 Å². The maximum Gasteiger partial charge on any atom is 0.328 e. The topological polar surface area (TPSA) is 38.3 Å². The highest BCUT2D eigenvalue weighted by Gasteiger charge is 2.33. The maximum absolute atomic E-state index is 12.0. The van der Waals surface area contributed by atoms with Gasteiger partial charge in [0.25, 0.3) is 0 Å². The average molecular weight is 247 g/mol. The standard InChI is InChI=1S/C15H21NO2/c1-3-18-15(17)14(12-7-5-8-12)16-13-9-4-6-11(2)10-13/h4,6,9-10,12,14,16H,3,5,7-8H2,1-2H3. The zero-order chi connectivity index (χ0) is 13.0. The van der Waals surface area contributed by atoms with Crippen LogP contribution in [0.3, 0.4) is 0 Å². The van der Waals surface area contributed by atoms with Crippen molar-refractivity contribution in [3.05, 3.63) is 29.8 Å². The van der Waals surface area contributed by atoms with Crippen LogP contribution in [-0.2, 0) is 9.53 Å². The molecule has 0 aliphatic heterocycles. The highest BCUT2D eigenvalue weighted by Crippen LogP contribution is 2.32. The van der Waals surface area contributed by atoms with Gasteiger partial charge in [0.05, 0.1) is 6.61 Å². The number of anilines is 1. The van der Waals surface area contributed by atoms with Crippen LogP contribution in [0, 0.1) is 12.8 Å². The number of hydrogen-bond acceptors (Lipinski definition) is 3. The van der Waals surface area contributed by atoms with E-state index in [2.05, 4.69) is 11.4 Å². The van der Waals surface area contributed by atoms with Gasteiger partial charge in [0, 0.05) is 5.69 Å². The summed E-state index contributed by atoms with van der Waals surface area (Å²) >= 11 is 0. The lowest BCUT2D eigenvalue weighted by atomic mass is 9.79. The van der Waals surface area contributed by atoms with E-state index in [4.69, 9.17) is 4.74 Å². The second-order valence-corrected chi connectivity index (χ2v) is 4.93. The van der Waals surface area contributed by atoms with Crippen LogP contribution in [0.1, 0.15) is 31.7 Å². The Labute approximate surface area is 109 Å². The molecule has 1 fully saturated rings. The van der Waals surface area contributed by atoms with Gasteiger partial charge in [-0.1, -0.05) is 18.6 Å². The molecule has 1 aromatic rings. The molecule has 18 heavy (non-hydrogen) atoms. The molecule has 1 aromatic carbocycles. The molecular formula is C15H21NO2. The number of benzene rings is 1. The van der Waals surface area contributed by atoms with Crippen molar-refractivity contribution < 1.29 is 9.53 Å². The van der Waals surface area contributed by atoms with Gasteiger partial charge in [-0.3, -0.25) is 0 Å². The Hall–Kier alpha value is -1.51. The molecule has 1 aliphatic rings. The Morgan fingerprint density at radius 1 is 1.50 bits per heavy atom. The highest BCUT2D eigenvalue weighted by atomic mass is 16.5. The monoisotopic (exact) mass is 247 g/mol. The first-order chi connectivity index (χ1) is 8.70. The number of nitrogens with one attached hydrogen (secondary N) is 1. The molecule has 1 N–H and O–H groups in total. The lowest BCUT2D eigenvalue weighted by molar-refractivity contribution is -0.146. The molecule has 1 unspecified atom stereocenters. The second-order valence-electron chi connectivity index (χ2n) is 4.93. The molecule has 0 heterocycles. The highest BCUT2D eigenvalue weighted by molar-refractivity contribution is 5.80. The van der Waals surface area contributed by atoms with Crippen LogP contribution in [-0.4, -0.2) is 18.6 Å². The molecule has 0 saturated heterocycles. The molecule has 98 valence electrons. The predicted molar refractivity (Wildman–Crippen MR) is 72.6 cm³/mol. The van der Waals surface area contributed by atoms with Crippen molar-refractivity contribution >= 4 is 11.7 Å². The minimum Gasteiger partial charge on any atom is -0.464 e. The van der Waals surface area contributed by atoms with E-state index >= 15 is 0 Å². The van der Waals surface area contributed by atoms with Crippen LogP contribution >= 0.6 is 0 Å². The molecule has 1 saturated carbocycles. The van der Waals surface area contributed by atoms with Gasteiger partial charge in [-0.05, 0) is 50.3 Å². The summed E-state index contributed by atoms with van der Waals surface area (Å²) in [7, 11) is 0. The molecule has 3 heteroatoms. The molecule has 1 atom stereocenters. The Morgan fingerprint density at radius 2 is 2.28 bits per heavy atom. The van der Waals surface area contributed by atoms with Crippen molar-refractivity contribution in [2.24, 2.45) is 5.92 Å². The summed E-state index contributed by atoms with van der Waals surface area (Å²) in [4.78, 5) is 12.0. The lowest BCUT2D eigenvalue weighted by Gasteiger charge is -2.33. The molecule has 2 rings (SSSR count). The van der Waals surface area contributed by atoms with Gasteiger partial charge >= 0.3 is 5.97 Å². The fourth-order valence-electron chi connectivity index (χ4n) is 2.29. The summed E-state index contributed by atoms with van der Waals surface area (Å²) in [5, 5.41) is 3.33. The van der Waals surface area contributed by atoms with E-state index in [0.717, 1.165) is 18.5 Å². The van der Waals surface area contributed by atoms with E-state index in [1.807, 2.05) is 32.0 Å². The zero-order valence-electron chi connectivity index (χ0n) is 11.1. The lowest BCUT2D eigenvalue weighted by Crippen LogP contribution is -2.41. The molecule has 0 bridgehead atoms. The Balaban J connectivity index is 2.06.